The zero-order valence-electron chi connectivity index (χ0n) is 11.4. The molecule has 1 aromatic carbocycles. The fourth-order valence-electron chi connectivity index (χ4n) is 2.77. The molecule has 0 aliphatic heterocycles. The highest BCUT2D eigenvalue weighted by Gasteiger charge is 2.31. The van der Waals surface area contributed by atoms with Crippen molar-refractivity contribution in [1.82, 2.24) is 0 Å². The molecule has 0 spiro atoms. The molecule has 2 rings (SSSR count). The molecule has 1 unspecified atom stereocenters. The normalized spacial score (nSPS) is 21.8. The van der Waals surface area contributed by atoms with Gasteiger partial charge < -0.3 is 11.1 Å². The summed E-state index contributed by atoms with van der Waals surface area (Å²) in [4.78, 5) is 0.467. The second kappa shape index (κ2) is 4.88. The Kier molecular flexibility index (Phi) is 3.62. The number of thiocarbonyl (C=S) groups is 1. The number of hydrogen-bond acceptors (Lipinski definition) is 2. The van der Waals surface area contributed by atoms with Crippen LogP contribution in [0.5, 0.6) is 0 Å². The third-order valence-electron chi connectivity index (χ3n) is 3.77. The summed E-state index contributed by atoms with van der Waals surface area (Å²) in [5.74, 6) is 0. The van der Waals surface area contributed by atoms with E-state index in [4.69, 9.17) is 18.0 Å². The SMILES string of the molecule is Cc1ccc(C(N)=S)c(NC2CCC(C)(C)C2)c1. The van der Waals surface area contributed by atoms with E-state index in [9.17, 15) is 0 Å². The summed E-state index contributed by atoms with van der Waals surface area (Å²) in [6, 6.07) is 6.74. The van der Waals surface area contributed by atoms with E-state index in [1.165, 1.54) is 24.8 Å². The number of hydrogen-bond donors (Lipinski definition) is 2. The molecule has 0 heterocycles. The Bertz CT molecular complexity index is 466. The van der Waals surface area contributed by atoms with Crippen LogP contribution in [0.4, 0.5) is 5.69 Å². The molecule has 1 fully saturated rings. The van der Waals surface area contributed by atoms with E-state index >= 15 is 0 Å². The lowest BCUT2D eigenvalue weighted by molar-refractivity contribution is 0.378. The second-order valence-electron chi connectivity index (χ2n) is 6.16. The molecule has 18 heavy (non-hydrogen) atoms. The summed E-state index contributed by atoms with van der Waals surface area (Å²) < 4.78 is 0. The van der Waals surface area contributed by atoms with Gasteiger partial charge in [-0.2, -0.15) is 0 Å². The van der Waals surface area contributed by atoms with Crippen LogP contribution in [0.2, 0.25) is 0 Å². The molecule has 1 aromatic rings. The van der Waals surface area contributed by atoms with E-state index in [0.717, 1.165) is 11.3 Å². The highest BCUT2D eigenvalue weighted by molar-refractivity contribution is 7.80. The predicted molar refractivity (Wildman–Crippen MR) is 82.1 cm³/mol. The molecular formula is C15H22N2S. The third kappa shape index (κ3) is 3.02. The Morgan fingerprint density at radius 3 is 2.72 bits per heavy atom. The van der Waals surface area contributed by atoms with Crippen LogP contribution in [0, 0.1) is 12.3 Å². The van der Waals surface area contributed by atoms with Crippen molar-refractivity contribution in [2.45, 2.75) is 46.1 Å². The van der Waals surface area contributed by atoms with Crippen molar-refractivity contribution in [3.63, 3.8) is 0 Å². The first-order chi connectivity index (χ1) is 8.37. The first-order valence-electron chi connectivity index (χ1n) is 6.54. The lowest BCUT2D eigenvalue weighted by Crippen LogP contribution is -2.21. The van der Waals surface area contributed by atoms with Crippen LogP contribution in [-0.2, 0) is 0 Å². The van der Waals surface area contributed by atoms with Gasteiger partial charge in [0.25, 0.3) is 0 Å². The lowest BCUT2D eigenvalue weighted by Gasteiger charge is -2.20. The number of rotatable bonds is 3. The van der Waals surface area contributed by atoms with Gasteiger partial charge in [0.2, 0.25) is 0 Å². The maximum atomic E-state index is 5.78. The van der Waals surface area contributed by atoms with E-state index in [2.05, 4.69) is 38.2 Å². The van der Waals surface area contributed by atoms with Gasteiger partial charge in [-0.25, -0.2) is 0 Å². The summed E-state index contributed by atoms with van der Waals surface area (Å²) in [6.45, 7) is 6.76. The monoisotopic (exact) mass is 262 g/mol. The van der Waals surface area contributed by atoms with E-state index in [-0.39, 0.29) is 0 Å². The molecule has 2 nitrogen and oxygen atoms in total. The van der Waals surface area contributed by atoms with E-state index in [0.29, 0.717) is 16.4 Å². The van der Waals surface area contributed by atoms with Gasteiger partial charge in [0, 0.05) is 17.3 Å². The Balaban J connectivity index is 2.18. The Hall–Kier alpha value is -1.09. The summed E-state index contributed by atoms with van der Waals surface area (Å²) >= 11 is 5.12. The maximum absolute atomic E-state index is 5.78. The lowest BCUT2D eigenvalue weighted by atomic mass is 9.92. The maximum Gasteiger partial charge on any atom is 0.106 e. The first kappa shape index (κ1) is 13.3. The minimum Gasteiger partial charge on any atom is -0.389 e. The molecule has 1 aliphatic rings. The van der Waals surface area contributed by atoms with E-state index in [1.54, 1.807) is 0 Å². The summed E-state index contributed by atoms with van der Waals surface area (Å²) in [6.07, 6.45) is 3.70. The van der Waals surface area contributed by atoms with Gasteiger partial charge in [0.15, 0.2) is 0 Å². The number of benzene rings is 1. The standard InChI is InChI=1S/C15H22N2S/c1-10-4-5-12(14(16)18)13(8-10)17-11-6-7-15(2,3)9-11/h4-5,8,11,17H,6-7,9H2,1-3H3,(H2,16,18). The Labute approximate surface area is 115 Å². The van der Waals surface area contributed by atoms with Crippen molar-refractivity contribution in [2.24, 2.45) is 11.1 Å². The number of nitrogens with two attached hydrogens (primary N) is 1. The van der Waals surface area contributed by atoms with E-state index in [1.807, 2.05) is 6.07 Å². The minimum atomic E-state index is 0.449. The van der Waals surface area contributed by atoms with Gasteiger partial charge in [-0.05, 0) is 49.3 Å². The van der Waals surface area contributed by atoms with Gasteiger partial charge in [0.05, 0.1) is 0 Å². The molecule has 1 aliphatic carbocycles. The summed E-state index contributed by atoms with van der Waals surface area (Å²) in [5, 5.41) is 3.62. The average Bonchev–Trinajstić information content (AvgIpc) is 2.57. The van der Waals surface area contributed by atoms with Gasteiger partial charge in [-0.15, -0.1) is 0 Å². The third-order valence-corrected chi connectivity index (χ3v) is 3.99. The molecular weight excluding hydrogens is 240 g/mol. The van der Waals surface area contributed by atoms with Crippen molar-refractivity contribution in [2.75, 3.05) is 5.32 Å². The van der Waals surface area contributed by atoms with Crippen molar-refractivity contribution >= 4 is 22.9 Å². The van der Waals surface area contributed by atoms with Crippen molar-refractivity contribution in [1.29, 1.82) is 0 Å². The molecule has 0 saturated heterocycles. The van der Waals surface area contributed by atoms with Crippen LogP contribution >= 0.6 is 12.2 Å². The van der Waals surface area contributed by atoms with Crippen LogP contribution in [0.15, 0.2) is 18.2 Å². The van der Waals surface area contributed by atoms with Crippen LogP contribution in [0.25, 0.3) is 0 Å². The molecule has 0 bridgehead atoms. The minimum absolute atomic E-state index is 0.449. The largest absolute Gasteiger partial charge is 0.389 e. The molecule has 3 N–H and O–H groups in total. The highest BCUT2D eigenvalue weighted by Crippen LogP contribution is 2.38. The van der Waals surface area contributed by atoms with Gasteiger partial charge in [-0.3, -0.25) is 0 Å². The molecule has 98 valence electrons. The molecule has 3 heteroatoms. The van der Waals surface area contributed by atoms with Crippen LogP contribution in [-0.4, -0.2) is 11.0 Å². The zero-order valence-corrected chi connectivity index (χ0v) is 12.2. The van der Waals surface area contributed by atoms with Crippen LogP contribution in [0.3, 0.4) is 0 Å². The molecule has 0 amide bonds. The van der Waals surface area contributed by atoms with Gasteiger partial charge in [-0.1, -0.05) is 32.1 Å². The molecule has 0 aromatic heterocycles. The van der Waals surface area contributed by atoms with Crippen LogP contribution in [0.1, 0.15) is 44.2 Å². The molecule has 1 atom stereocenters. The Morgan fingerprint density at radius 2 is 2.17 bits per heavy atom. The number of anilines is 1. The van der Waals surface area contributed by atoms with Crippen LogP contribution < -0.4 is 11.1 Å². The van der Waals surface area contributed by atoms with Crippen molar-refractivity contribution in [3.8, 4) is 0 Å². The van der Waals surface area contributed by atoms with E-state index < -0.39 is 0 Å². The molecule has 0 radical (unpaired) electrons. The van der Waals surface area contributed by atoms with Crippen molar-refractivity contribution < 1.29 is 0 Å². The van der Waals surface area contributed by atoms with Crippen molar-refractivity contribution in [3.05, 3.63) is 29.3 Å². The summed E-state index contributed by atoms with van der Waals surface area (Å²) in [7, 11) is 0. The quantitative estimate of drug-likeness (QED) is 0.817. The smallest absolute Gasteiger partial charge is 0.106 e. The zero-order chi connectivity index (χ0) is 13.3. The second-order valence-corrected chi connectivity index (χ2v) is 6.60. The number of aryl methyl sites for hydroxylation is 1. The summed E-state index contributed by atoms with van der Waals surface area (Å²) in [5.41, 5.74) is 9.51. The first-order valence-corrected chi connectivity index (χ1v) is 6.95. The average molecular weight is 262 g/mol. The molecule has 1 saturated carbocycles. The predicted octanol–water partition coefficient (Wildman–Crippen LogP) is 3.62. The van der Waals surface area contributed by atoms with Gasteiger partial charge in [0.1, 0.15) is 4.99 Å². The number of nitrogens with one attached hydrogen (secondary N) is 1. The fourth-order valence-corrected chi connectivity index (χ4v) is 2.95. The topological polar surface area (TPSA) is 38.0 Å². The highest BCUT2D eigenvalue weighted by atomic mass is 32.1. The fraction of sp³-hybridized carbons (Fsp3) is 0.533. The Morgan fingerprint density at radius 1 is 1.44 bits per heavy atom. The van der Waals surface area contributed by atoms with Gasteiger partial charge >= 0.3 is 0 Å².